The van der Waals surface area contributed by atoms with Crippen molar-refractivity contribution in [1.82, 2.24) is 24.5 Å². The second kappa shape index (κ2) is 9.71. The summed E-state index contributed by atoms with van der Waals surface area (Å²) in [4.78, 5) is 11.5. The molecule has 166 valence electrons. The average Bonchev–Trinajstić information content (AvgIpc) is 3.21. The van der Waals surface area contributed by atoms with Crippen LogP contribution >= 0.6 is 23.2 Å². The molecule has 1 N–H and O–H groups in total. The van der Waals surface area contributed by atoms with E-state index in [9.17, 15) is 0 Å². The summed E-state index contributed by atoms with van der Waals surface area (Å²) >= 11 is 12.3. The normalized spacial score (nSPS) is 16.8. The number of pyridine rings is 1. The van der Waals surface area contributed by atoms with E-state index in [4.69, 9.17) is 36.0 Å². The van der Waals surface area contributed by atoms with E-state index in [0.717, 1.165) is 55.1 Å². The summed E-state index contributed by atoms with van der Waals surface area (Å²) in [6, 6.07) is 11.9. The maximum Gasteiger partial charge on any atom is 0.150 e. The molecule has 4 aromatic rings. The number of fused-ring (bicyclic) bond motifs is 1. The van der Waals surface area contributed by atoms with Gasteiger partial charge in [-0.3, -0.25) is 9.88 Å². The molecular formula is C24H23BCl2N6. The Morgan fingerprint density at radius 3 is 2.82 bits per heavy atom. The van der Waals surface area contributed by atoms with E-state index in [0.29, 0.717) is 33.6 Å². The summed E-state index contributed by atoms with van der Waals surface area (Å²) in [6.07, 6.45) is 7.46. The van der Waals surface area contributed by atoms with Gasteiger partial charge in [0.05, 0.1) is 15.7 Å². The van der Waals surface area contributed by atoms with Gasteiger partial charge in [0, 0.05) is 50.2 Å². The summed E-state index contributed by atoms with van der Waals surface area (Å²) in [5, 5.41) is 9.08. The van der Waals surface area contributed by atoms with Crippen LogP contribution in [-0.2, 0) is 13.1 Å². The van der Waals surface area contributed by atoms with Crippen molar-refractivity contribution in [3.8, 4) is 0 Å². The van der Waals surface area contributed by atoms with E-state index < -0.39 is 0 Å². The molecule has 1 saturated heterocycles. The zero-order chi connectivity index (χ0) is 22.8. The van der Waals surface area contributed by atoms with Crippen LogP contribution in [-0.4, -0.2) is 45.4 Å². The number of nitrogens with one attached hydrogen (secondary N) is 1. The van der Waals surface area contributed by atoms with Gasteiger partial charge in [0.25, 0.3) is 0 Å². The van der Waals surface area contributed by atoms with Crippen molar-refractivity contribution in [1.29, 1.82) is 0 Å². The minimum atomic E-state index is 0.305. The van der Waals surface area contributed by atoms with E-state index in [2.05, 4.69) is 26.4 Å². The summed E-state index contributed by atoms with van der Waals surface area (Å²) in [5.41, 5.74) is 4.54. The van der Waals surface area contributed by atoms with Gasteiger partial charge in [-0.25, -0.2) is 4.98 Å². The number of benzene rings is 1. The van der Waals surface area contributed by atoms with E-state index >= 15 is 0 Å². The molecule has 1 aliphatic heterocycles. The van der Waals surface area contributed by atoms with Gasteiger partial charge < -0.3 is 5.32 Å². The highest BCUT2D eigenvalue weighted by molar-refractivity contribution is 6.42. The molecule has 0 saturated carbocycles. The van der Waals surface area contributed by atoms with Gasteiger partial charge in [0.1, 0.15) is 13.7 Å². The van der Waals surface area contributed by atoms with Crippen LogP contribution in [0.15, 0.2) is 55.0 Å². The fourth-order valence-corrected chi connectivity index (χ4v) is 4.69. The van der Waals surface area contributed by atoms with Crippen LogP contribution in [0.3, 0.4) is 0 Å². The highest BCUT2D eigenvalue weighted by Crippen LogP contribution is 2.30. The molecule has 3 aromatic heterocycles. The molecule has 5 rings (SSSR count). The maximum atomic E-state index is 6.22. The third kappa shape index (κ3) is 5.00. The van der Waals surface area contributed by atoms with Crippen LogP contribution in [0.5, 0.6) is 0 Å². The summed E-state index contributed by atoms with van der Waals surface area (Å²) in [7, 11) is 6.19. The molecule has 0 aliphatic carbocycles. The Morgan fingerprint density at radius 1 is 1.09 bits per heavy atom. The van der Waals surface area contributed by atoms with Gasteiger partial charge in [-0.2, -0.15) is 9.61 Å². The zero-order valence-electron chi connectivity index (χ0n) is 18.1. The monoisotopic (exact) mass is 476 g/mol. The number of rotatable bonds is 6. The fraction of sp³-hybridized carbons (Fsp3) is 0.292. The van der Waals surface area contributed by atoms with Crippen LogP contribution in [0.2, 0.25) is 10.0 Å². The predicted octanol–water partition coefficient (Wildman–Crippen LogP) is 4.22. The average molecular weight is 477 g/mol. The highest BCUT2D eigenvalue weighted by atomic mass is 35.5. The van der Waals surface area contributed by atoms with Gasteiger partial charge >= 0.3 is 0 Å². The van der Waals surface area contributed by atoms with Crippen LogP contribution in [0.4, 0.5) is 5.82 Å². The maximum absolute atomic E-state index is 6.22. The molecule has 6 nitrogen and oxygen atoms in total. The molecule has 33 heavy (non-hydrogen) atoms. The van der Waals surface area contributed by atoms with E-state index in [1.54, 1.807) is 16.9 Å². The Kier molecular flexibility index (Phi) is 6.53. The number of nitrogens with zero attached hydrogens (tertiary/aromatic N) is 5. The molecule has 9 heteroatoms. The molecule has 1 atom stereocenters. The Morgan fingerprint density at radius 2 is 2.00 bits per heavy atom. The lowest BCUT2D eigenvalue weighted by Gasteiger charge is -2.32. The van der Waals surface area contributed by atoms with E-state index in [1.807, 2.05) is 36.5 Å². The topological polar surface area (TPSA) is 58.4 Å². The number of hydrogen-bond acceptors (Lipinski definition) is 5. The summed E-state index contributed by atoms with van der Waals surface area (Å²) in [6.45, 7) is 3.43. The lowest BCUT2D eigenvalue weighted by atomic mass is 9.93. The van der Waals surface area contributed by atoms with Gasteiger partial charge in [0.2, 0.25) is 0 Å². The molecule has 1 fully saturated rings. The van der Waals surface area contributed by atoms with Crippen LogP contribution in [0, 0.1) is 0 Å². The first-order valence-corrected chi connectivity index (χ1v) is 11.8. The van der Waals surface area contributed by atoms with Crippen LogP contribution < -0.4 is 10.8 Å². The number of hydrogen-bond donors (Lipinski definition) is 1. The molecule has 0 amide bonds. The Hall–Kier alpha value is -2.61. The SMILES string of the molecule is [B]c1cnn2c(NCc3cccnc3)cc(C3CCCN(Cc4ccc(Cl)c(Cl)c4)C3)nc12. The predicted molar refractivity (Wildman–Crippen MR) is 134 cm³/mol. The van der Waals surface area contributed by atoms with Crippen molar-refractivity contribution in [3.63, 3.8) is 0 Å². The number of anilines is 1. The van der Waals surface area contributed by atoms with Crippen LogP contribution in [0.25, 0.3) is 5.65 Å². The lowest BCUT2D eigenvalue weighted by Crippen LogP contribution is -2.34. The Balaban J connectivity index is 1.37. The Labute approximate surface area is 204 Å². The highest BCUT2D eigenvalue weighted by Gasteiger charge is 2.24. The first-order chi connectivity index (χ1) is 16.1. The molecule has 1 aliphatic rings. The van der Waals surface area contributed by atoms with E-state index in [-0.39, 0.29) is 0 Å². The molecule has 0 bridgehead atoms. The van der Waals surface area contributed by atoms with Crippen molar-refractivity contribution < 1.29 is 0 Å². The molecule has 2 radical (unpaired) electrons. The zero-order valence-corrected chi connectivity index (χ0v) is 19.6. The molecular weight excluding hydrogens is 454 g/mol. The van der Waals surface area contributed by atoms with E-state index in [1.165, 1.54) is 0 Å². The lowest BCUT2D eigenvalue weighted by molar-refractivity contribution is 0.198. The minimum Gasteiger partial charge on any atom is -0.366 e. The van der Waals surface area contributed by atoms with Crippen molar-refractivity contribution >= 4 is 48.0 Å². The number of piperidine rings is 1. The van der Waals surface area contributed by atoms with Gasteiger partial charge in [-0.05, 0) is 54.2 Å². The summed E-state index contributed by atoms with van der Waals surface area (Å²) < 4.78 is 1.77. The van der Waals surface area contributed by atoms with Crippen molar-refractivity contribution in [2.45, 2.75) is 31.8 Å². The van der Waals surface area contributed by atoms with Crippen LogP contribution in [0.1, 0.15) is 35.6 Å². The third-order valence-electron chi connectivity index (χ3n) is 6.03. The molecule has 0 spiro atoms. The standard InChI is InChI=1S/C24H23BCl2N6/c25-19-13-30-33-23(29-12-17-3-1-7-28-11-17)10-22(31-24(19)33)18-4-2-8-32(15-18)14-16-5-6-20(26)21(27)9-16/h1,3,5-7,9-11,13,18,29H,2,4,8,12,14-15H2. The second-order valence-corrected chi connectivity index (χ2v) is 9.25. The molecule has 1 unspecified atom stereocenters. The van der Waals surface area contributed by atoms with Gasteiger partial charge in [-0.1, -0.05) is 35.3 Å². The quantitative estimate of drug-likeness (QED) is 0.422. The second-order valence-electron chi connectivity index (χ2n) is 8.44. The minimum absolute atomic E-state index is 0.305. The Bertz CT molecular complexity index is 1260. The number of aromatic nitrogens is 4. The number of likely N-dealkylation sites (tertiary alicyclic amines) is 1. The van der Waals surface area contributed by atoms with Gasteiger partial charge in [-0.15, -0.1) is 0 Å². The largest absolute Gasteiger partial charge is 0.366 e. The molecule has 4 heterocycles. The van der Waals surface area contributed by atoms with Crippen molar-refractivity contribution in [2.24, 2.45) is 0 Å². The van der Waals surface area contributed by atoms with Gasteiger partial charge in [0.15, 0.2) is 5.65 Å². The molecule has 1 aromatic carbocycles. The first-order valence-electron chi connectivity index (χ1n) is 11.0. The van der Waals surface area contributed by atoms with Crippen molar-refractivity contribution in [2.75, 3.05) is 18.4 Å². The number of halogens is 2. The first kappa shape index (κ1) is 22.2. The fourth-order valence-electron chi connectivity index (χ4n) is 4.37. The third-order valence-corrected chi connectivity index (χ3v) is 6.77. The van der Waals surface area contributed by atoms with Crippen molar-refractivity contribution in [3.05, 3.63) is 81.9 Å². The summed E-state index contributed by atoms with van der Waals surface area (Å²) in [5.74, 6) is 1.18. The smallest absolute Gasteiger partial charge is 0.150 e.